The number of carbonyl (C=O) groups excluding carboxylic acids is 4. The number of alkyl carbamates (subject to hydrolysis) is 1. The number of sulfone groups is 1. The minimum Gasteiger partial charge on any atom is -0.439 e. The van der Waals surface area contributed by atoms with Gasteiger partial charge in [0.25, 0.3) is 5.89 Å². The van der Waals surface area contributed by atoms with E-state index in [2.05, 4.69) is 31.4 Å². The van der Waals surface area contributed by atoms with Crippen molar-refractivity contribution < 1.29 is 42.0 Å². The van der Waals surface area contributed by atoms with Crippen molar-refractivity contribution in [3.05, 3.63) is 11.7 Å². The number of aliphatic hydroxyl groups excluding tert-OH is 1. The van der Waals surface area contributed by atoms with E-state index in [1.807, 2.05) is 41.5 Å². The minimum absolute atomic E-state index is 0.00167. The summed E-state index contributed by atoms with van der Waals surface area (Å²) in [6.07, 6.45) is -1.15. The van der Waals surface area contributed by atoms with Crippen molar-refractivity contribution in [2.75, 3.05) is 18.6 Å². The van der Waals surface area contributed by atoms with Crippen LogP contribution in [0.4, 0.5) is 4.79 Å². The first-order chi connectivity index (χ1) is 20.3. The molecule has 5 N–H and O–H groups in total. The molecule has 1 rings (SSSR count). The van der Waals surface area contributed by atoms with E-state index in [1.54, 1.807) is 13.8 Å². The summed E-state index contributed by atoms with van der Waals surface area (Å²) in [4.78, 5) is 55.2. The van der Waals surface area contributed by atoms with Crippen LogP contribution in [0.15, 0.2) is 4.52 Å². The van der Waals surface area contributed by atoms with E-state index < -0.39 is 70.3 Å². The van der Waals surface area contributed by atoms with Crippen molar-refractivity contribution in [3.63, 3.8) is 0 Å². The molecule has 1 aromatic rings. The van der Waals surface area contributed by atoms with Gasteiger partial charge in [-0.2, -0.15) is 4.98 Å². The molecule has 4 amide bonds. The second-order valence-corrected chi connectivity index (χ2v) is 14.6. The summed E-state index contributed by atoms with van der Waals surface area (Å²) in [5.41, 5.74) is 0. The maximum absolute atomic E-state index is 13.2. The molecule has 1 heterocycles. The average Bonchev–Trinajstić information content (AvgIpc) is 3.31. The monoisotopic (exact) mass is 646 g/mol. The Kier molecular flexibility index (Phi) is 15.7. The van der Waals surface area contributed by atoms with Crippen LogP contribution in [0.3, 0.4) is 0 Å². The molecule has 252 valence electrons. The summed E-state index contributed by atoms with van der Waals surface area (Å²) in [6, 6.07) is -3.19. The fourth-order valence-electron chi connectivity index (χ4n) is 4.18. The number of aromatic nitrogens is 2. The maximum Gasteiger partial charge on any atom is 0.408 e. The lowest BCUT2D eigenvalue weighted by Crippen LogP contribution is -2.55. The number of ether oxygens (including phenoxy) is 1. The summed E-state index contributed by atoms with van der Waals surface area (Å²) < 4.78 is 34.0. The molecule has 16 heteroatoms. The van der Waals surface area contributed by atoms with Crippen LogP contribution in [-0.2, 0) is 35.6 Å². The quantitative estimate of drug-likeness (QED) is 0.150. The lowest BCUT2D eigenvalue weighted by atomic mass is 9.91. The number of rotatable bonds is 18. The Morgan fingerprint density at radius 2 is 1.55 bits per heavy atom. The molecule has 0 radical (unpaired) electrons. The number of carbonyl (C=O) groups is 4. The third-order valence-corrected chi connectivity index (χ3v) is 7.40. The molecule has 0 unspecified atom stereocenters. The van der Waals surface area contributed by atoms with Crippen LogP contribution in [0.1, 0.15) is 73.0 Å². The first-order valence-electron chi connectivity index (χ1n) is 14.8. The van der Waals surface area contributed by atoms with Gasteiger partial charge in [-0.05, 0) is 37.5 Å². The van der Waals surface area contributed by atoms with Crippen LogP contribution >= 0.6 is 0 Å². The topological polar surface area (TPSA) is 219 Å². The van der Waals surface area contributed by atoms with E-state index in [0.717, 1.165) is 6.26 Å². The molecule has 44 heavy (non-hydrogen) atoms. The Hall–Kier alpha value is -3.27. The van der Waals surface area contributed by atoms with Crippen molar-refractivity contribution >= 4 is 33.7 Å². The van der Waals surface area contributed by atoms with Gasteiger partial charge in [0.2, 0.25) is 17.7 Å². The summed E-state index contributed by atoms with van der Waals surface area (Å²) in [6.45, 7) is 14.5. The molecule has 1 aromatic heterocycles. The van der Waals surface area contributed by atoms with E-state index in [9.17, 15) is 32.7 Å². The summed E-state index contributed by atoms with van der Waals surface area (Å²) in [7, 11) is -3.74. The third-order valence-electron chi connectivity index (χ3n) is 6.47. The van der Waals surface area contributed by atoms with Gasteiger partial charge in [0, 0.05) is 18.7 Å². The van der Waals surface area contributed by atoms with E-state index in [-0.39, 0.29) is 36.0 Å². The van der Waals surface area contributed by atoms with Gasteiger partial charge in [0.05, 0.1) is 17.9 Å². The minimum atomic E-state index is -3.74. The van der Waals surface area contributed by atoms with Crippen LogP contribution in [0, 0.1) is 30.6 Å². The van der Waals surface area contributed by atoms with E-state index >= 15 is 0 Å². The Bertz CT molecular complexity index is 1200. The molecular weight excluding hydrogens is 596 g/mol. The number of hydrogen-bond donors (Lipinski definition) is 5. The number of aliphatic hydroxyl groups is 1. The fraction of sp³-hybridized carbons (Fsp3) is 0.786. The number of hydrogen-bond acceptors (Lipinski definition) is 11. The highest BCUT2D eigenvalue weighted by Crippen LogP contribution is 2.17. The highest BCUT2D eigenvalue weighted by atomic mass is 32.2. The molecule has 0 aliphatic heterocycles. The van der Waals surface area contributed by atoms with Crippen molar-refractivity contribution in [1.29, 1.82) is 0 Å². The molecule has 0 spiro atoms. The maximum atomic E-state index is 13.2. The lowest BCUT2D eigenvalue weighted by molar-refractivity contribution is -0.132. The first-order valence-corrected chi connectivity index (χ1v) is 16.8. The molecule has 0 aromatic carbocycles. The van der Waals surface area contributed by atoms with Gasteiger partial charge < -0.3 is 35.6 Å². The molecule has 15 nitrogen and oxygen atoms in total. The van der Waals surface area contributed by atoms with Gasteiger partial charge in [0.1, 0.15) is 21.9 Å². The third kappa shape index (κ3) is 14.9. The zero-order chi connectivity index (χ0) is 33.8. The van der Waals surface area contributed by atoms with Crippen molar-refractivity contribution in [2.45, 2.75) is 99.1 Å². The number of nitrogens with one attached hydrogen (secondary N) is 4. The molecule has 0 aliphatic carbocycles. The van der Waals surface area contributed by atoms with Crippen LogP contribution in [0.2, 0.25) is 0 Å². The van der Waals surface area contributed by atoms with E-state index in [1.165, 1.54) is 0 Å². The zero-order valence-electron chi connectivity index (χ0n) is 27.2. The molecule has 0 bridgehead atoms. The van der Waals surface area contributed by atoms with Gasteiger partial charge >= 0.3 is 6.09 Å². The first kappa shape index (κ1) is 38.8. The lowest BCUT2D eigenvalue weighted by Gasteiger charge is -2.30. The summed E-state index contributed by atoms with van der Waals surface area (Å²) >= 11 is 0. The normalized spacial score (nSPS) is 15.3. The second kappa shape index (κ2) is 17.9. The predicted molar refractivity (Wildman–Crippen MR) is 162 cm³/mol. The highest BCUT2D eigenvalue weighted by Gasteiger charge is 2.33. The molecular formula is C28H50N6O9S. The Balaban J connectivity index is 2.95. The van der Waals surface area contributed by atoms with Gasteiger partial charge in [-0.3, -0.25) is 14.4 Å². The molecule has 0 saturated carbocycles. The Morgan fingerprint density at radius 3 is 2.05 bits per heavy atom. The molecule has 0 aliphatic rings. The predicted octanol–water partition coefficient (Wildman–Crippen LogP) is 0.848. The Morgan fingerprint density at radius 1 is 0.909 bits per heavy atom. The summed E-state index contributed by atoms with van der Waals surface area (Å²) in [5, 5.41) is 25.1. The molecule has 5 atom stereocenters. The smallest absolute Gasteiger partial charge is 0.408 e. The fourth-order valence-corrected chi connectivity index (χ4v) is 5.02. The standard InChI is InChI=1S/C28H50N6O9S/c1-15(2)10-20(22(35)11-18(7)25(36)33-24(17(5)6)27(38)29-12-16(3)4)31-26(37)21(14-44(9,40)41)32-28(39)42-13-23-30-19(8)34-43-23/h15-18,20-22,24,35H,10-14H2,1-9H3,(H,29,38)(H,31,37)(H,32,39)(H,33,36)/t18-,20+,21+,22+,24+/m1/s1. The van der Waals surface area contributed by atoms with Crippen molar-refractivity contribution in [1.82, 2.24) is 31.4 Å². The number of amides is 4. The van der Waals surface area contributed by atoms with Gasteiger partial charge in [-0.25, -0.2) is 13.2 Å². The number of nitrogens with zero attached hydrogens (tertiary/aromatic N) is 2. The highest BCUT2D eigenvalue weighted by molar-refractivity contribution is 7.90. The van der Waals surface area contributed by atoms with Gasteiger partial charge in [0.15, 0.2) is 12.4 Å². The summed E-state index contributed by atoms with van der Waals surface area (Å²) in [5.74, 6) is -2.66. The van der Waals surface area contributed by atoms with Crippen LogP contribution in [-0.4, -0.2) is 90.3 Å². The van der Waals surface area contributed by atoms with Crippen LogP contribution in [0.25, 0.3) is 0 Å². The van der Waals surface area contributed by atoms with Crippen molar-refractivity contribution in [3.8, 4) is 0 Å². The van der Waals surface area contributed by atoms with Crippen LogP contribution in [0.5, 0.6) is 0 Å². The van der Waals surface area contributed by atoms with Crippen LogP contribution < -0.4 is 21.3 Å². The van der Waals surface area contributed by atoms with E-state index in [4.69, 9.17) is 9.26 Å². The second-order valence-electron chi connectivity index (χ2n) is 12.4. The van der Waals surface area contributed by atoms with E-state index in [0.29, 0.717) is 18.8 Å². The molecule has 0 saturated heterocycles. The Labute approximate surface area is 259 Å². The van der Waals surface area contributed by atoms with Gasteiger partial charge in [-0.1, -0.05) is 53.6 Å². The SMILES string of the molecule is Cc1noc(COC(=O)N[C@@H](CS(C)(=O)=O)C(=O)N[C@@H](CC(C)C)[C@@H](O)C[C@@H](C)C(=O)N[C@H](C(=O)NCC(C)C)C(C)C)n1. The zero-order valence-corrected chi connectivity index (χ0v) is 28.0. The largest absolute Gasteiger partial charge is 0.439 e. The average molecular weight is 647 g/mol. The van der Waals surface area contributed by atoms with Crippen molar-refractivity contribution in [2.24, 2.45) is 23.7 Å². The number of aryl methyl sites for hydroxylation is 1. The van der Waals surface area contributed by atoms with Gasteiger partial charge in [-0.15, -0.1) is 0 Å². The molecule has 0 fully saturated rings.